The third-order valence-electron chi connectivity index (χ3n) is 12.5. The normalized spacial score (nSPS) is 11.8. The zero-order chi connectivity index (χ0) is 41.4. The van der Waals surface area contributed by atoms with Gasteiger partial charge < -0.3 is 8.98 Å². The molecule has 0 atom stereocenters. The molecule has 9 aromatic carbocycles. The Labute approximate surface area is 366 Å². The van der Waals surface area contributed by atoms with Crippen molar-refractivity contribution in [1.82, 2.24) is 14.5 Å². The van der Waals surface area contributed by atoms with Gasteiger partial charge in [0.2, 0.25) is 0 Å². The fourth-order valence-electron chi connectivity index (χ4n) is 9.52. The summed E-state index contributed by atoms with van der Waals surface area (Å²) >= 11 is 1.75. The molecule has 0 radical (unpaired) electrons. The summed E-state index contributed by atoms with van der Waals surface area (Å²) in [5, 5.41) is 5.74. The van der Waals surface area contributed by atoms with Crippen LogP contribution in [0, 0.1) is 0 Å². The number of fused-ring (bicyclic) bond motifs is 9. The lowest BCUT2D eigenvalue weighted by molar-refractivity contribution is 0.669. The van der Waals surface area contributed by atoms with Crippen LogP contribution in [0.15, 0.2) is 217 Å². The van der Waals surface area contributed by atoms with E-state index in [1.165, 1.54) is 54.3 Å². The fourth-order valence-corrected chi connectivity index (χ4v) is 10.7. The van der Waals surface area contributed by atoms with Crippen LogP contribution in [0.4, 0.5) is 0 Å². The number of benzene rings is 9. The minimum atomic E-state index is 0.838. The van der Waals surface area contributed by atoms with Crippen LogP contribution in [0.3, 0.4) is 0 Å². The van der Waals surface area contributed by atoms with Gasteiger partial charge in [0.15, 0.2) is 0 Å². The van der Waals surface area contributed by atoms with Gasteiger partial charge in [0.25, 0.3) is 0 Å². The molecule has 13 rings (SSSR count). The summed E-state index contributed by atoms with van der Waals surface area (Å²) in [7, 11) is 0. The van der Waals surface area contributed by atoms with Crippen LogP contribution in [0.25, 0.3) is 125 Å². The quantitative estimate of drug-likeness (QED) is 0.168. The van der Waals surface area contributed by atoms with Crippen LogP contribution < -0.4 is 0 Å². The first-order valence-corrected chi connectivity index (χ1v) is 22.0. The van der Waals surface area contributed by atoms with Crippen molar-refractivity contribution in [2.75, 3.05) is 0 Å². The predicted octanol–water partition coefficient (Wildman–Crippen LogP) is 16.2. The topological polar surface area (TPSA) is 43.9 Å². The smallest absolute Gasteiger partial charge is 0.136 e. The fraction of sp³-hybridized carbons (Fsp3) is 0. The van der Waals surface area contributed by atoms with Crippen LogP contribution in [0.2, 0.25) is 0 Å². The second kappa shape index (κ2) is 14.2. The first-order chi connectivity index (χ1) is 31.2. The van der Waals surface area contributed by atoms with E-state index >= 15 is 0 Å². The average molecular weight is 822 g/mol. The number of hydrogen-bond donors (Lipinski definition) is 0. The highest BCUT2D eigenvalue weighted by molar-refractivity contribution is 7.26. The van der Waals surface area contributed by atoms with Gasteiger partial charge in [-0.2, -0.15) is 0 Å². The summed E-state index contributed by atoms with van der Waals surface area (Å²) in [6.45, 7) is 0. The van der Waals surface area contributed by atoms with Gasteiger partial charge in [-0.3, -0.25) is 0 Å². The predicted molar refractivity (Wildman–Crippen MR) is 264 cm³/mol. The van der Waals surface area contributed by atoms with Gasteiger partial charge in [-0.1, -0.05) is 140 Å². The summed E-state index contributed by atoms with van der Waals surface area (Å²) in [4.78, 5) is 9.85. The summed E-state index contributed by atoms with van der Waals surface area (Å²) < 4.78 is 11.2. The largest absolute Gasteiger partial charge is 0.456 e. The van der Waals surface area contributed by atoms with E-state index in [0.29, 0.717) is 0 Å². The van der Waals surface area contributed by atoms with E-state index in [4.69, 9.17) is 14.4 Å². The van der Waals surface area contributed by atoms with Crippen LogP contribution in [0.5, 0.6) is 0 Å². The number of hydrogen-bond acceptors (Lipinski definition) is 4. The molecule has 4 heterocycles. The molecule has 0 spiro atoms. The van der Waals surface area contributed by atoms with Crippen molar-refractivity contribution < 1.29 is 4.42 Å². The Balaban J connectivity index is 0.888. The maximum absolute atomic E-state index is 6.54. The molecule has 4 aromatic heterocycles. The van der Waals surface area contributed by atoms with Gasteiger partial charge in [-0.15, -0.1) is 11.3 Å². The average Bonchev–Trinajstić information content (AvgIpc) is 4.03. The van der Waals surface area contributed by atoms with E-state index in [1.807, 2.05) is 0 Å². The Morgan fingerprint density at radius 2 is 0.984 bits per heavy atom. The molecule has 0 aliphatic rings. The highest BCUT2D eigenvalue weighted by Crippen LogP contribution is 2.44. The molecule has 0 saturated carbocycles. The third-order valence-corrected chi connectivity index (χ3v) is 13.7. The molecule has 0 unspecified atom stereocenters. The number of para-hydroxylation sites is 2. The molecule has 0 aliphatic carbocycles. The van der Waals surface area contributed by atoms with Crippen LogP contribution in [0.1, 0.15) is 0 Å². The second-order valence-electron chi connectivity index (χ2n) is 16.1. The molecule has 0 saturated heterocycles. The van der Waals surface area contributed by atoms with Crippen LogP contribution in [-0.2, 0) is 0 Å². The lowest BCUT2D eigenvalue weighted by atomic mass is 9.96. The highest BCUT2D eigenvalue weighted by atomic mass is 32.1. The van der Waals surface area contributed by atoms with E-state index < -0.39 is 0 Å². The molecule has 4 nitrogen and oxygen atoms in total. The zero-order valence-corrected chi connectivity index (χ0v) is 34.7. The zero-order valence-electron chi connectivity index (χ0n) is 33.9. The Bertz CT molecular complexity index is 3900. The number of rotatable bonds is 6. The van der Waals surface area contributed by atoms with E-state index in [1.54, 1.807) is 17.7 Å². The highest BCUT2D eigenvalue weighted by Gasteiger charge is 2.20. The maximum Gasteiger partial charge on any atom is 0.136 e. The Morgan fingerprint density at radius 3 is 1.81 bits per heavy atom. The summed E-state index contributed by atoms with van der Waals surface area (Å²) in [5.74, 6) is 0. The van der Waals surface area contributed by atoms with Crippen molar-refractivity contribution in [3.63, 3.8) is 0 Å². The first kappa shape index (κ1) is 35.6. The number of thiophene rings is 1. The molecule has 13 aromatic rings. The van der Waals surface area contributed by atoms with Crippen molar-refractivity contribution >= 4 is 75.4 Å². The van der Waals surface area contributed by atoms with Crippen LogP contribution >= 0.6 is 11.3 Å². The molecule has 0 N–H and O–H groups in total. The number of furan rings is 1. The van der Waals surface area contributed by atoms with Gasteiger partial charge in [-0.05, 0) is 111 Å². The molecule has 63 heavy (non-hydrogen) atoms. The summed E-state index contributed by atoms with van der Waals surface area (Å²) in [5.41, 5.74) is 17.6. The van der Waals surface area contributed by atoms with Crippen molar-refractivity contribution in [3.8, 4) is 61.5 Å². The molecule has 0 bridgehead atoms. The molecule has 5 heteroatoms. The minimum Gasteiger partial charge on any atom is -0.456 e. The van der Waals surface area contributed by atoms with Crippen molar-refractivity contribution in [2.24, 2.45) is 0 Å². The first-order valence-electron chi connectivity index (χ1n) is 21.2. The van der Waals surface area contributed by atoms with Crippen LogP contribution in [-0.4, -0.2) is 14.5 Å². The lowest BCUT2D eigenvalue weighted by Crippen LogP contribution is -1.92. The van der Waals surface area contributed by atoms with Crippen molar-refractivity contribution in [3.05, 3.63) is 213 Å². The van der Waals surface area contributed by atoms with Crippen molar-refractivity contribution in [2.45, 2.75) is 0 Å². The van der Waals surface area contributed by atoms with Crippen molar-refractivity contribution in [1.29, 1.82) is 0 Å². The molecule has 0 fully saturated rings. The Morgan fingerprint density at radius 1 is 0.397 bits per heavy atom. The Hall–Kier alpha value is -8.12. The molecule has 0 aliphatic heterocycles. The minimum absolute atomic E-state index is 0.838. The maximum atomic E-state index is 6.54. The molecular formula is C58H35N3OS. The van der Waals surface area contributed by atoms with E-state index in [2.05, 4.69) is 211 Å². The molecular weight excluding hydrogens is 787 g/mol. The Kier molecular flexibility index (Phi) is 8.05. The van der Waals surface area contributed by atoms with E-state index in [9.17, 15) is 0 Å². The third kappa shape index (κ3) is 5.82. The lowest BCUT2D eigenvalue weighted by Gasteiger charge is -2.09. The SMILES string of the molecule is c1ccc(-c2ccc(-c3ccc4sc5c(-c6cccc7oc8ccc(-c9cccc(-c%10ccc%11c(c%10)c%10ccccc%10n%11-c%10ccccc%10)c9)cc8c67)ncnc5c4c3)cc2)cc1. The van der Waals surface area contributed by atoms with Gasteiger partial charge in [-0.25, -0.2) is 9.97 Å². The molecule has 294 valence electrons. The van der Waals surface area contributed by atoms with Gasteiger partial charge in [0.05, 0.1) is 26.9 Å². The standard InChI is InChI=1S/C58H35N3OS/c1-3-11-36(12-4-1)37-21-23-38(24-22-37)41-27-30-54-49(34-41)57-58(63-54)56(59-35-60-57)46-18-10-20-53-55(46)48-33-43(26-29-52(48)62-53)40-14-9-13-39(31-40)42-25-28-51-47(32-42)45-17-7-8-19-50(45)61(51)44-15-5-2-6-16-44/h1-35H. The van der Waals surface area contributed by atoms with E-state index in [-0.39, 0.29) is 0 Å². The summed E-state index contributed by atoms with van der Waals surface area (Å²) in [6.07, 6.45) is 1.71. The molecule has 0 amide bonds. The van der Waals surface area contributed by atoms with E-state index in [0.717, 1.165) is 71.2 Å². The number of aromatic nitrogens is 3. The monoisotopic (exact) mass is 821 g/mol. The van der Waals surface area contributed by atoms with Gasteiger partial charge in [0, 0.05) is 42.9 Å². The van der Waals surface area contributed by atoms with Gasteiger partial charge in [0.1, 0.15) is 17.5 Å². The number of nitrogens with zero attached hydrogens (tertiary/aromatic N) is 3. The summed E-state index contributed by atoms with van der Waals surface area (Å²) in [6, 6.07) is 73.9. The second-order valence-corrected chi connectivity index (χ2v) is 17.2. The van der Waals surface area contributed by atoms with Gasteiger partial charge >= 0.3 is 0 Å².